The molecular weight excluding hydrogens is 276 g/mol. The largest absolute Gasteiger partial charge is 0.465 e. The van der Waals surface area contributed by atoms with E-state index in [4.69, 9.17) is 0 Å². The van der Waals surface area contributed by atoms with E-state index in [0.29, 0.717) is 0 Å². The van der Waals surface area contributed by atoms with Crippen LogP contribution in [0, 0.1) is 0 Å². The number of H-pyrrole nitrogens is 1. The third-order valence-electron chi connectivity index (χ3n) is 1.69. The fraction of sp³-hybridized carbons (Fsp3) is 0.250. The van der Waals surface area contributed by atoms with Crippen molar-refractivity contribution < 1.29 is 18.3 Å². The third kappa shape index (κ3) is 2.23. The van der Waals surface area contributed by atoms with E-state index >= 15 is 0 Å². The summed E-state index contributed by atoms with van der Waals surface area (Å²) < 4.78 is 29.4. The van der Waals surface area contributed by atoms with Gasteiger partial charge in [-0.2, -0.15) is 0 Å². The first-order valence-electron chi connectivity index (χ1n) is 3.76. The first-order chi connectivity index (χ1) is 6.99. The second-order valence-corrected chi connectivity index (χ2v) is 3.40. The number of carbonyl (C=O) groups excluding carboxylic acids is 1. The van der Waals surface area contributed by atoms with Gasteiger partial charge in [-0.05, 0) is 15.9 Å². The van der Waals surface area contributed by atoms with Gasteiger partial charge in [-0.15, -0.1) is 0 Å². The number of esters is 1. The Morgan fingerprint density at radius 2 is 2.20 bits per heavy atom. The fourth-order valence-electron chi connectivity index (χ4n) is 1.04. The zero-order chi connectivity index (χ0) is 11.6. The number of nitrogens with one attached hydrogen (secondary N) is 1. The number of rotatable bonds is 2. The topological polar surface area (TPSA) is 59.2 Å². The average Bonchev–Trinajstić information content (AvgIpc) is 2.19. The van der Waals surface area contributed by atoms with Crippen LogP contribution in [0.4, 0.5) is 8.78 Å². The van der Waals surface area contributed by atoms with Crippen LogP contribution in [-0.4, -0.2) is 18.1 Å². The van der Waals surface area contributed by atoms with E-state index < -0.39 is 29.1 Å². The standard InChI is InChI=1S/C8H6BrF2NO3/c1-15-8(14)5-4(6(10)11)3(9)2-12-7(5)13/h2,6H,1H3,(H,12,13). The maximum absolute atomic E-state index is 12.6. The Balaban J connectivity index is 3.52. The summed E-state index contributed by atoms with van der Waals surface area (Å²) in [4.78, 5) is 24.4. The van der Waals surface area contributed by atoms with Crippen molar-refractivity contribution in [2.24, 2.45) is 0 Å². The summed E-state index contributed by atoms with van der Waals surface area (Å²) >= 11 is 2.82. The highest BCUT2D eigenvalue weighted by Gasteiger charge is 2.25. The van der Waals surface area contributed by atoms with Gasteiger partial charge in [-0.1, -0.05) is 0 Å². The Bertz CT molecular complexity index is 444. The Kier molecular flexibility index (Phi) is 3.57. The monoisotopic (exact) mass is 281 g/mol. The maximum atomic E-state index is 12.6. The molecule has 0 aliphatic carbocycles. The third-order valence-corrected chi connectivity index (χ3v) is 2.35. The fourth-order valence-corrected chi connectivity index (χ4v) is 1.52. The smallest absolute Gasteiger partial charge is 0.344 e. The van der Waals surface area contributed by atoms with Gasteiger partial charge < -0.3 is 9.72 Å². The lowest BCUT2D eigenvalue weighted by Gasteiger charge is -2.07. The Hall–Kier alpha value is -1.24. The van der Waals surface area contributed by atoms with Gasteiger partial charge in [0.1, 0.15) is 5.56 Å². The van der Waals surface area contributed by atoms with Crippen LogP contribution in [0.5, 0.6) is 0 Å². The number of hydrogen-bond donors (Lipinski definition) is 1. The van der Waals surface area contributed by atoms with Gasteiger partial charge in [0.2, 0.25) is 0 Å². The van der Waals surface area contributed by atoms with E-state index in [0.717, 1.165) is 13.3 Å². The molecule has 1 aromatic heterocycles. The van der Waals surface area contributed by atoms with E-state index in [1.807, 2.05) is 0 Å². The molecule has 0 atom stereocenters. The molecule has 4 nitrogen and oxygen atoms in total. The summed E-state index contributed by atoms with van der Waals surface area (Å²) in [6.45, 7) is 0. The van der Waals surface area contributed by atoms with Gasteiger partial charge in [0.25, 0.3) is 12.0 Å². The highest BCUT2D eigenvalue weighted by Crippen LogP contribution is 2.28. The van der Waals surface area contributed by atoms with Gasteiger partial charge in [0, 0.05) is 10.7 Å². The molecule has 0 saturated heterocycles. The van der Waals surface area contributed by atoms with E-state index in [9.17, 15) is 18.4 Å². The van der Waals surface area contributed by atoms with E-state index in [1.54, 1.807) is 0 Å². The first kappa shape index (κ1) is 11.8. The SMILES string of the molecule is COC(=O)c1c(C(F)F)c(Br)c[nH]c1=O. The first-order valence-corrected chi connectivity index (χ1v) is 4.56. The van der Waals surface area contributed by atoms with E-state index in [-0.39, 0.29) is 4.47 Å². The molecule has 0 aliphatic rings. The molecule has 0 aromatic carbocycles. The lowest BCUT2D eigenvalue weighted by Crippen LogP contribution is -2.22. The normalized spacial score (nSPS) is 10.5. The second kappa shape index (κ2) is 4.52. The number of pyridine rings is 1. The minimum atomic E-state index is -2.93. The van der Waals surface area contributed by atoms with Crippen molar-refractivity contribution >= 4 is 21.9 Å². The number of aromatic nitrogens is 1. The van der Waals surface area contributed by atoms with Crippen LogP contribution in [0.25, 0.3) is 0 Å². The van der Waals surface area contributed by atoms with Crippen molar-refractivity contribution in [2.45, 2.75) is 6.43 Å². The van der Waals surface area contributed by atoms with Gasteiger partial charge in [-0.3, -0.25) is 4.79 Å². The number of hydrogen-bond acceptors (Lipinski definition) is 3. The van der Waals surface area contributed by atoms with Crippen molar-refractivity contribution in [3.63, 3.8) is 0 Å². The van der Waals surface area contributed by atoms with Gasteiger partial charge in [-0.25, -0.2) is 13.6 Å². The van der Waals surface area contributed by atoms with Crippen molar-refractivity contribution in [3.8, 4) is 0 Å². The molecule has 0 aliphatic heterocycles. The molecule has 1 heterocycles. The Morgan fingerprint density at radius 1 is 1.60 bits per heavy atom. The van der Waals surface area contributed by atoms with E-state index in [1.165, 1.54) is 0 Å². The molecule has 82 valence electrons. The van der Waals surface area contributed by atoms with Crippen LogP contribution in [0.15, 0.2) is 15.5 Å². The lowest BCUT2D eigenvalue weighted by atomic mass is 10.1. The number of aromatic amines is 1. The van der Waals surface area contributed by atoms with Gasteiger partial charge in [0.05, 0.1) is 12.7 Å². The number of alkyl halides is 2. The van der Waals surface area contributed by atoms with Crippen molar-refractivity contribution in [3.05, 3.63) is 32.2 Å². The molecule has 0 amide bonds. The van der Waals surface area contributed by atoms with Crippen molar-refractivity contribution in [1.82, 2.24) is 4.98 Å². The van der Waals surface area contributed by atoms with Crippen molar-refractivity contribution in [2.75, 3.05) is 7.11 Å². The highest BCUT2D eigenvalue weighted by atomic mass is 79.9. The maximum Gasteiger partial charge on any atom is 0.344 e. The van der Waals surface area contributed by atoms with Crippen molar-refractivity contribution in [1.29, 1.82) is 0 Å². The quantitative estimate of drug-likeness (QED) is 0.842. The second-order valence-electron chi connectivity index (χ2n) is 2.55. The molecule has 1 N–H and O–H groups in total. The molecule has 0 saturated carbocycles. The predicted octanol–water partition coefficient (Wildman–Crippen LogP) is 1.86. The van der Waals surface area contributed by atoms with Crippen LogP contribution in [0.3, 0.4) is 0 Å². The number of methoxy groups -OCH3 is 1. The van der Waals surface area contributed by atoms with Crippen LogP contribution >= 0.6 is 15.9 Å². The Morgan fingerprint density at radius 3 is 2.67 bits per heavy atom. The zero-order valence-electron chi connectivity index (χ0n) is 7.51. The minimum absolute atomic E-state index is 0.0440. The molecule has 15 heavy (non-hydrogen) atoms. The molecule has 0 bridgehead atoms. The zero-order valence-corrected chi connectivity index (χ0v) is 9.10. The molecule has 0 radical (unpaired) electrons. The summed E-state index contributed by atoms with van der Waals surface area (Å²) in [6, 6.07) is 0. The number of ether oxygens (including phenoxy) is 1. The van der Waals surface area contributed by atoms with Gasteiger partial charge in [0.15, 0.2) is 0 Å². The molecule has 1 aromatic rings. The molecule has 1 rings (SSSR count). The van der Waals surface area contributed by atoms with Crippen LogP contribution in [0.2, 0.25) is 0 Å². The van der Waals surface area contributed by atoms with Gasteiger partial charge >= 0.3 is 5.97 Å². The Labute approximate surface area is 91.4 Å². The van der Waals surface area contributed by atoms with E-state index in [2.05, 4.69) is 25.7 Å². The molecule has 0 fully saturated rings. The average molecular weight is 282 g/mol. The van der Waals surface area contributed by atoms with Crippen LogP contribution in [0.1, 0.15) is 22.3 Å². The minimum Gasteiger partial charge on any atom is -0.465 e. The molecule has 0 unspecified atom stereocenters. The lowest BCUT2D eigenvalue weighted by molar-refractivity contribution is 0.0586. The summed E-state index contributed by atoms with van der Waals surface area (Å²) in [6.07, 6.45) is -1.88. The van der Waals surface area contributed by atoms with Crippen LogP contribution in [-0.2, 0) is 4.74 Å². The predicted molar refractivity (Wildman–Crippen MR) is 51.1 cm³/mol. The summed E-state index contributed by atoms with van der Waals surface area (Å²) in [5.74, 6) is -1.09. The number of carbonyl (C=O) groups is 1. The number of halogens is 3. The highest BCUT2D eigenvalue weighted by molar-refractivity contribution is 9.10. The molecular formula is C8H6BrF2NO3. The molecule has 0 spiro atoms. The summed E-state index contributed by atoms with van der Waals surface area (Å²) in [5, 5.41) is 0. The summed E-state index contributed by atoms with van der Waals surface area (Å²) in [5.41, 5.74) is -2.24. The molecule has 7 heteroatoms. The van der Waals surface area contributed by atoms with Crippen LogP contribution < -0.4 is 5.56 Å². The summed E-state index contributed by atoms with van der Waals surface area (Å²) in [7, 11) is 1.01.